The number of carbonyl (C=O) groups excluding carboxylic acids is 1. The molecule has 4 heteroatoms. The lowest BCUT2D eigenvalue weighted by Gasteiger charge is -2.19. The van der Waals surface area contributed by atoms with Gasteiger partial charge in [-0.2, -0.15) is 0 Å². The van der Waals surface area contributed by atoms with Crippen molar-refractivity contribution in [2.75, 3.05) is 13.1 Å². The Labute approximate surface area is 114 Å². The molecule has 2 fully saturated rings. The fraction of sp³-hybridized carbons (Fsp3) is 0.500. The second-order valence-electron chi connectivity index (χ2n) is 5.11. The molecule has 1 atom stereocenters. The maximum absolute atomic E-state index is 12.3. The Morgan fingerprint density at radius 1 is 1.28 bits per heavy atom. The standard InChI is InChI=1S/C14H18N2O.ClH/c17-13(16-12-6-9-15-10-12)14(7-8-14)11-4-2-1-3-5-11;/h1-5,12,15H,6-10H2,(H,16,17);1H. The molecule has 1 aliphatic carbocycles. The van der Waals surface area contributed by atoms with Crippen molar-refractivity contribution < 1.29 is 4.79 Å². The second kappa shape index (κ2) is 5.29. The molecular weight excluding hydrogens is 248 g/mol. The molecule has 2 N–H and O–H groups in total. The third-order valence-electron chi connectivity index (χ3n) is 3.91. The van der Waals surface area contributed by atoms with Crippen LogP contribution in [-0.4, -0.2) is 25.0 Å². The van der Waals surface area contributed by atoms with Gasteiger partial charge in [-0.15, -0.1) is 12.4 Å². The Morgan fingerprint density at radius 3 is 2.56 bits per heavy atom. The molecule has 1 aromatic rings. The largest absolute Gasteiger partial charge is 0.351 e. The zero-order valence-electron chi connectivity index (χ0n) is 10.3. The van der Waals surface area contributed by atoms with Crippen LogP contribution in [0.2, 0.25) is 0 Å². The van der Waals surface area contributed by atoms with Gasteiger partial charge in [0, 0.05) is 12.6 Å². The number of halogens is 1. The number of rotatable bonds is 3. The fourth-order valence-corrected chi connectivity index (χ4v) is 2.63. The van der Waals surface area contributed by atoms with E-state index in [9.17, 15) is 4.79 Å². The molecule has 2 aliphatic rings. The molecule has 18 heavy (non-hydrogen) atoms. The minimum atomic E-state index is -0.218. The summed E-state index contributed by atoms with van der Waals surface area (Å²) in [5.74, 6) is 0.220. The first-order chi connectivity index (χ1) is 8.31. The zero-order chi connectivity index (χ0) is 11.7. The van der Waals surface area contributed by atoms with Crippen LogP contribution in [0.3, 0.4) is 0 Å². The number of benzene rings is 1. The number of hydrogen-bond acceptors (Lipinski definition) is 2. The number of amides is 1. The SMILES string of the molecule is Cl.O=C(NC1CCNC1)C1(c2ccccc2)CC1. The summed E-state index contributed by atoms with van der Waals surface area (Å²) in [5, 5.41) is 6.45. The van der Waals surface area contributed by atoms with Gasteiger partial charge in [-0.1, -0.05) is 30.3 Å². The predicted molar refractivity (Wildman–Crippen MR) is 74.0 cm³/mol. The summed E-state index contributed by atoms with van der Waals surface area (Å²) in [4.78, 5) is 12.3. The minimum Gasteiger partial charge on any atom is -0.351 e. The summed E-state index contributed by atoms with van der Waals surface area (Å²) in [6.45, 7) is 1.93. The summed E-state index contributed by atoms with van der Waals surface area (Å²) in [7, 11) is 0. The van der Waals surface area contributed by atoms with Gasteiger partial charge in [-0.05, 0) is 31.4 Å². The van der Waals surface area contributed by atoms with Crippen molar-refractivity contribution in [1.82, 2.24) is 10.6 Å². The molecule has 0 bridgehead atoms. The van der Waals surface area contributed by atoms with Crippen LogP contribution in [0, 0.1) is 0 Å². The lowest BCUT2D eigenvalue weighted by atomic mass is 9.94. The van der Waals surface area contributed by atoms with Crippen molar-refractivity contribution in [2.24, 2.45) is 0 Å². The van der Waals surface area contributed by atoms with E-state index in [-0.39, 0.29) is 23.7 Å². The highest BCUT2D eigenvalue weighted by Gasteiger charge is 2.51. The van der Waals surface area contributed by atoms with E-state index < -0.39 is 0 Å². The van der Waals surface area contributed by atoms with E-state index >= 15 is 0 Å². The smallest absolute Gasteiger partial charge is 0.230 e. The molecule has 1 amide bonds. The molecule has 1 aromatic carbocycles. The topological polar surface area (TPSA) is 41.1 Å². The quantitative estimate of drug-likeness (QED) is 0.873. The van der Waals surface area contributed by atoms with Gasteiger partial charge in [-0.3, -0.25) is 4.79 Å². The summed E-state index contributed by atoms with van der Waals surface area (Å²) in [5.41, 5.74) is 0.951. The van der Waals surface area contributed by atoms with E-state index in [1.165, 1.54) is 5.56 Å². The lowest BCUT2D eigenvalue weighted by molar-refractivity contribution is -0.124. The first-order valence-electron chi connectivity index (χ1n) is 6.38. The Balaban J connectivity index is 0.00000120. The first kappa shape index (κ1) is 13.4. The van der Waals surface area contributed by atoms with Gasteiger partial charge in [-0.25, -0.2) is 0 Å². The van der Waals surface area contributed by atoms with Gasteiger partial charge in [0.05, 0.1) is 5.41 Å². The molecule has 0 radical (unpaired) electrons. The van der Waals surface area contributed by atoms with Gasteiger partial charge in [0.25, 0.3) is 0 Å². The van der Waals surface area contributed by atoms with Crippen molar-refractivity contribution >= 4 is 18.3 Å². The molecule has 1 unspecified atom stereocenters. The summed E-state index contributed by atoms with van der Waals surface area (Å²) in [6.07, 6.45) is 3.03. The van der Waals surface area contributed by atoms with Crippen LogP contribution >= 0.6 is 12.4 Å². The molecule has 1 heterocycles. The fourth-order valence-electron chi connectivity index (χ4n) is 2.63. The normalized spacial score (nSPS) is 24.1. The van der Waals surface area contributed by atoms with E-state index in [1.54, 1.807) is 0 Å². The number of hydrogen-bond donors (Lipinski definition) is 2. The summed E-state index contributed by atoms with van der Waals surface area (Å²) < 4.78 is 0. The Morgan fingerprint density at radius 2 is 2.00 bits per heavy atom. The van der Waals surface area contributed by atoms with E-state index in [2.05, 4.69) is 22.8 Å². The van der Waals surface area contributed by atoms with Crippen LogP contribution in [0.4, 0.5) is 0 Å². The lowest BCUT2D eigenvalue weighted by Crippen LogP contribution is -2.42. The van der Waals surface area contributed by atoms with E-state index in [0.29, 0.717) is 6.04 Å². The van der Waals surface area contributed by atoms with Crippen LogP contribution in [0.5, 0.6) is 0 Å². The van der Waals surface area contributed by atoms with Crippen molar-refractivity contribution in [1.29, 1.82) is 0 Å². The minimum absolute atomic E-state index is 0. The molecule has 1 saturated carbocycles. The Bertz CT molecular complexity index is 411. The van der Waals surface area contributed by atoms with E-state index in [4.69, 9.17) is 0 Å². The average molecular weight is 267 g/mol. The molecule has 98 valence electrons. The number of carbonyl (C=O) groups is 1. The van der Waals surface area contributed by atoms with E-state index in [0.717, 1.165) is 32.4 Å². The predicted octanol–water partition coefficient (Wildman–Crippen LogP) is 1.62. The third kappa shape index (κ3) is 2.38. The average Bonchev–Trinajstić information content (AvgIpc) is 3.04. The van der Waals surface area contributed by atoms with Gasteiger partial charge in [0.2, 0.25) is 5.91 Å². The molecule has 1 saturated heterocycles. The number of nitrogens with one attached hydrogen (secondary N) is 2. The van der Waals surface area contributed by atoms with Crippen molar-refractivity contribution in [3.05, 3.63) is 35.9 Å². The second-order valence-corrected chi connectivity index (χ2v) is 5.11. The maximum Gasteiger partial charge on any atom is 0.230 e. The maximum atomic E-state index is 12.3. The molecular formula is C14H19ClN2O. The van der Waals surface area contributed by atoms with E-state index in [1.807, 2.05) is 18.2 Å². The van der Waals surface area contributed by atoms with Crippen LogP contribution in [-0.2, 0) is 10.2 Å². The van der Waals surface area contributed by atoms with Gasteiger partial charge in [0.15, 0.2) is 0 Å². The van der Waals surface area contributed by atoms with Crippen LogP contribution < -0.4 is 10.6 Å². The van der Waals surface area contributed by atoms with Gasteiger partial charge in [0.1, 0.15) is 0 Å². The monoisotopic (exact) mass is 266 g/mol. The summed E-state index contributed by atoms with van der Waals surface area (Å²) in [6, 6.07) is 10.5. The highest BCUT2D eigenvalue weighted by atomic mass is 35.5. The molecule has 3 rings (SSSR count). The van der Waals surface area contributed by atoms with Crippen molar-refractivity contribution in [2.45, 2.75) is 30.7 Å². The zero-order valence-corrected chi connectivity index (χ0v) is 11.1. The van der Waals surface area contributed by atoms with Gasteiger partial charge < -0.3 is 10.6 Å². The molecule has 0 spiro atoms. The first-order valence-corrected chi connectivity index (χ1v) is 6.38. The van der Waals surface area contributed by atoms with Crippen LogP contribution in [0.1, 0.15) is 24.8 Å². The third-order valence-corrected chi connectivity index (χ3v) is 3.91. The van der Waals surface area contributed by atoms with Gasteiger partial charge >= 0.3 is 0 Å². The Hall–Kier alpha value is -1.06. The van der Waals surface area contributed by atoms with Crippen molar-refractivity contribution in [3.63, 3.8) is 0 Å². The van der Waals surface area contributed by atoms with Crippen LogP contribution in [0.25, 0.3) is 0 Å². The highest BCUT2D eigenvalue weighted by molar-refractivity contribution is 5.91. The van der Waals surface area contributed by atoms with Crippen LogP contribution in [0.15, 0.2) is 30.3 Å². The van der Waals surface area contributed by atoms with Crippen molar-refractivity contribution in [3.8, 4) is 0 Å². The molecule has 1 aliphatic heterocycles. The highest BCUT2D eigenvalue weighted by Crippen LogP contribution is 2.48. The molecule has 3 nitrogen and oxygen atoms in total. The summed E-state index contributed by atoms with van der Waals surface area (Å²) >= 11 is 0. The Kier molecular flexibility index (Phi) is 3.93. The molecule has 0 aromatic heterocycles.